The van der Waals surface area contributed by atoms with Crippen molar-refractivity contribution in [1.29, 1.82) is 0 Å². The lowest BCUT2D eigenvalue weighted by Gasteiger charge is -2.09. The van der Waals surface area contributed by atoms with E-state index in [1.165, 1.54) is 70.6 Å². The van der Waals surface area contributed by atoms with Crippen LogP contribution in [0.15, 0.2) is 30.3 Å². The maximum atomic E-state index is 11.8. The monoisotopic (exact) mass is 640 g/mol. The molecule has 0 aromatic heterocycles. The topological polar surface area (TPSA) is 90.9 Å². The van der Waals surface area contributed by atoms with E-state index < -0.39 is 0 Å². The molecule has 1 aromatic carbocycles. The minimum Gasteiger partial charge on any atom is -0.491 e. The molecule has 45 heavy (non-hydrogen) atoms. The molecule has 0 unspecified atom stereocenters. The summed E-state index contributed by atoms with van der Waals surface area (Å²) in [4.78, 5) is 11.8. The first-order chi connectivity index (χ1) is 22.3. The second-order valence-electron chi connectivity index (χ2n) is 11.0. The van der Waals surface area contributed by atoms with Crippen LogP contribution in [0.25, 0.3) is 0 Å². The van der Waals surface area contributed by atoms with Gasteiger partial charge >= 0.3 is 5.97 Å². The van der Waals surface area contributed by atoms with E-state index >= 15 is 0 Å². The SMILES string of the molecule is CCCCCCCCCCCCCCCC(=O)OCCOCCOCCOCCOCCOCCOCCOc1ccccc1. The summed E-state index contributed by atoms with van der Waals surface area (Å²) in [6, 6.07) is 9.68. The Labute approximate surface area is 273 Å². The number of carbonyl (C=O) groups excluding carboxylic acids is 1. The largest absolute Gasteiger partial charge is 0.491 e. The molecule has 0 bridgehead atoms. The molecule has 0 amide bonds. The molecular weight excluding hydrogens is 576 g/mol. The third-order valence-electron chi connectivity index (χ3n) is 7.07. The van der Waals surface area contributed by atoms with Crippen LogP contribution in [0.3, 0.4) is 0 Å². The van der Waals surface area contributed by atoms with Crippen LogP contribution in [0, 0.1) is 0 Å². The molecule has 0 saturated carbocycles. The van der Waals surface area contributed by atoms with E-state index in [2.05, 4.69) is 6.92 Å². The molecule has 1 aromatic rings. The normalized spacial score (nSPS) is 11.2. The summed E-state index contributed by atoms with van der Waals surface area (Å²) < 4.78 is 43.7. The number of unbranched alkanes of at least 4 members (excludes halogenated alkanes) is 12. The van der Waals surface area contributed by atoms with Gasteiger partial charge in [0.1, 0.15) is 19.0 Å². The first kappa shape index (κ1) is 41.3. The Balaban J connectivity index is 1.66. The Morgan fingerprint density at radius 1 is 0.444 bits per heavy atom. The Morgan fingerprint density at radius 3 is 1.22 bits per heavy atom. The highest BCUT2D eigenvalue weighted by Crippen LogP contribution is 2.13. The van der Waals surface area contributed by atoms with E-state index in [9.17, 15) is 4.79 Å². The minimum absolute atomic E-state index is 0.127. The maximum Gasteiger partial charge on any atom is 0.305 e. The predicted octanol–water partition coefficient (Wildman–Crippen LogP) is 7.19. The van der Waals surface area contributed by atoms with E-state index in [1.807, 2.05) is 30.3 Å². The van der Waals surface area contributed by atoms with Gasteiger partial charge in [0.05, 0.1) is 79.3 Å². The molecule has 1 rings (SSSR count). The summed E-state index contributed by atoms with van der Waals surface area (Å²) >= 11 is 0. The van der Waals surface area contributed by atoms with Crippen LogP contribution in [0.4, 0.5) is 0 Å². The molecule has 0 spiro atoms. The van der Waals surface area contributed by atoms with Gasteiger partial charge in [-0.05, 0) is 18.6 Å². The molecule has 9 nitrogen and oxygen atoms in total. The van der Waals surface area contributed by atoms with Crippen molar-refractivity contribution in [2.24, 2.45) is 0 Å². The molecule has 0 N–H and O–H groups in total. The van der Waals surface area contributed by atoms with E-state index in [-0.39, 0.29) is 5.97 Å². The molecule has 0 saturated heterocycles. The highest BCUT2D eigenvalue weighted by molar-refractivity contribution is 5.69. The molecule has 262 valence electrons. The third-order valence-corrected chi connectivity index (χ3v) is 7.07. The summed E-state index contributed by atoms with van der Waals surface area (Å²) in [6.07, 6.45) is 17.4. The van der Waals surface area contributed by atoms with Gasteiger partial charge in [-0.2, -0.15) is 0 Å². The van der Waals surface area contributed by atoms with Crippen molar-refractivity contribution in [2.75, 3.05) is 92.5 Å². The highest BCUT2D eigenvalue weighted by Gasteiger charge is 2.03. The number of hydrogen-bond donors (Lipinski definition) is 0. The zero-order valence-electron chi connectivity index (χ0n) is 28.4. The van der Waals surface area contributed by atoms with Gasteiger partial charge in [-0.15, -0.1) is 0 Å². The van der Waals surface area contributed by atoms with Gasteiger partial charge in [0.15, 0.2) is 0 Å². The van der Waals surface area contributed by atoms with Crippen LogP contribution >= 0.6 is 0 Å². The molecule has 0 radical (unpaired) electrons. The fraction of sp³-hybridized carbons (Fsp3) is 0.806. The van der Waals surface area contributed by atoms with Crippen molar-refractivity contribution in [3.63, 3.8) is 0 Å². The van der Waals surface area contributed by atoms with Gasteiger partial charge in [0.25, 0.3) is 0 Å². The highest BCUT2D eigenvalue weighted by atomic mass is 16.6. The number of para-hydroxylation sites is 1. The number of carbonyl (C=O) groups is 1. The number of hydrogen-bond acceptors (Lipinski definition) is 9. The van der Waals surface area contributed by atoms with E-state index in [4.69, 9.17) is 37.9 Å². The lowest BCUT2D eigenvalue weighted by Crippen LogP contribution is -2.15. The number of ether oxygens (including phenoxy) is 8. The Morgan fingerprint density at radius 2 is 0.800 bits per heavy atom. The quantitative estimate of drug-likeness (QED) is 0.0558. The average Bonchev–Trinajstić information content (AvgIpc) is 3.06. The summed E-state index contributed by atoms with van der Waals surface area (Å²) in [5.74, 6) is 0.719. The number of esters is 1. The molecule has 0 aliphatic carbocycles. The second-order valence-corrected chi connectivity index (χ2v) is 11.0. The van der Waals surface area contributed by atoms with Crippen LogP contribution in [0.5, 0.6) is 5.75 Å². The van der Waals surface area contributed by atoms with Crippen LogP contribution in [0.2, 0.25) is 0 Å². The number of rotatable bonds is 36. The smallest absolute Gasteiger partial charge is 0.305 e. The standard InChI is InChI=1S/C36H64O9/c1-2-3-4-5-6-7-8-9-10-11-12-13-17-20-36(37)45-34-32-43-30-28-41-26-24-39-22-21-38-23-25-40-27-29-42-31-33-44-35-18-15-14-16-19-35/h14-16,18-19H,2-13,17,20-34H2,1H3. The van der Waals surface area contributed by atoms with Gasteiger partial charge in [0, 0.05) is 6.42 Å². The second kappa shape index (κ2) is 35.1. The Hall–Kier alpha value is -1.75. The maximum absolute atomic E-state index is 11.8. The van der Waals surface area contributed by atoms with E-state index in [1.54, 1.807) is 0 Å². The molecule has 0 aliphatic heterocycles. The average molecular weight is 641 g/mol. The van der Waals surface area contributed by atoms with Gasteiger partial charge in [-0.1, -0.05) is 102 Å². The van der Waals surface area contributed by atoms with Crippen molar-refractivity contribution < 1.29 is 42.7 Å². The molecular formula is C36H64O9. The van der Waals surface area contributed by atoms with Crippen molar-refractivity contribution >= 4 is 5.97 Å². The van der Waals surface area contributed by atoms with Gasteiger partial charge < -0.3 is 37.9 Å². The van der Waals surface area contributed by atoms with Crippen molar-refractivity contribution in [3.8, 4) is 5.75 Å². The van der Waals surface area contributed by atoms with Crippen LogP contribution in [0.1, 0.15) is 96.8 Å². The van der Waals surface area contributed by atoms with Crippen molar-refractivity contribution in [3.05, 3.63) is 30.3 Å². The summed E-state index contributed by atoms with van der Waals surface area (Å²) in [6.45, 7) is 9.05. The number of benzene rings is 1. The first-order valence-corrected chi connectivity index (χ1v) is 17.6. The van der Waals surface area contributed by atoms with Crippen LogP contribution in [-0.2, 0) is 38.0 Å². The Bertz CT molecular complexity index is 720. The lowest BCUT2D eigenvalue weighted by molar-refractivity contribution is -0.145. The van der Waals surface area contributed by atoms with Crippen molar-refractivity contribution in [1.82, 2.24) is 0 Å². The van der Waals surface area contributed by atoms with E-state index in [0.29, 0.717) is 98.9 Å². The molecule has 0 fully saturated rings. The zero-order valence-corrected chi connectivity index (χ0v) is 28.4. The van der Waals surface area contributed by atoms with Crippen LogP contribution in [-0.4, -0.2) is 98.5 Å². The van der Waals surface area contributed by atoms with E-state index in [0.717, 1.165) is 18.6 Å². The summed E-state index contributed by atoms with van der Waals surface area (Å²) in [5.41, 5.74) is 0. The molecule has 9 heteroatoms. The summed E-state index contributed by atoms with van der Waals surface area (Å²) in [5, 5.41) is 0. The fourth-order valence-corrected chi connectivity index (χ4v) is 4.51. The minimum atomic E-state index is -0.127. The Kier molecular flexibility index (Phi) is 32.2. The van der Waals surface area contributed by atoms with Crippen LogP contribution < -0.4 is 4.74 Å². The van der Waals surface area contributed by atoms with Crippen molar-refractivity contribution in [2.45, 2.75) is 96.8 Å². The molecule has 0 heterocycles. The zero-order chi connectivity index (χ0) is 32.1. The molecule has 0 atom stereocenters. The summed E-state index contributed by atoms with van der Waals surface area (Å²) in [7, 11) is 0. The lowest BCUT2D eigenvalue weighted by atomic mass is 10.0. The van der Waals surface area contributed by atoms with Gasteiger partial charge in [-0.25, -0.2) is 0 Å². The first-order valence-electron chi connectivity index (χ1n) is 17.6. The predicted molar refractivity (Wildman–Crippen MR) is 178 cm³/mol. The fourth-order valence-electron chi connectivity index (χ4n) is 4.51. The third kappa shape index (κ3) is 32.0. The van der Waals surface area contributed by atoms with Gasteiger partial charge in [0.2, 0.25) is 0 Å². The van der Waals surface area contributed by atoms with Gasteiger partial charge in [-0.3, -0.25) is 4.79 Å². The molecule has 0 aliphatic rings.